The van der Waals surface area contributed by atoms with E-state index in [1.807, 2.05) is 13.0 Å². The summed E-state index contributed by atoms with van der Waals surface area (Å²) in [5.74, 6) is 0.297. The van der Waals surface area contributed by atoms with Gasteiger partial charge < -0.3 is 5.73 Å². The minimum atomic E-state index is -0.188. The monoisotopic (exact) mass is 273 g/mol. The van der Waals surface area contributed by atoms with Crippen molar-refractivity contribution in [3.05, 3.63) is 34.1 Å². The van der Waals surface area contributed by atoms with Gasteiger partial charge in [0.05, 0.1) is 0 Å². The van der Waals surface area contributed by atoms with Crippen LogP contribution in [0, 0.1) is 11.7 Å². The number of hydrogen-bond donors (Lipinski definition) is 1. The SMILES string of the molecule is CC(N)CC(C)Cc1cc(F)cc(Br)c1. The molecule has 0 radical (unpaired) electrons. The third-order valence-corrected chi connectivity index (χ3v) is 2.74. The molecular formula is C12H17BrFN. The summed E-state index contributed by atoms with van der Waals surface area (Å²) >= 11 is 3.29. The first-order valence-corrected chi connectivity index (χ1v) is 5.97. The Kier molecular flexibility index (Phi) is 4.74. The van der Waals surface area contributed by atoms with Crippen molar-refractivity contribution in [2.24, 2.45) is 11.7 Å². The van der Waals surface area contributed by atoms with Crippen molar-refractivity contribution in [1.82, 2.24) is 0 Å². The third kappa shape index (κ3) is 4.76. The second-order valence-corrected chi connectivity index (χ2v) is 5.22. The first-order chi connectivity index (χ1) is 6.97. The lowest BCUT2D eigenvalue weighted by Gasteiger charge is -2.14. The van der Waals surface area contributed by atoms with Crippen LogP contribution >= 0.6 is 15.9 Å². The van der Waals surface area contributed by atoms with Gasteiger partial charge in [0.2, 0.25) is 0 Å². The van der Waals surface area contributed by atoms with Crippen molar-refractivity contribution in [2.75, 3.05) is 0 Å². The predicted molar refractivity (Wildman–Crippen MR) is 65.2 cm³/mol. The van der Waals surface area contributed by atoms with Crippen LogP contribution < -0.4 is 5.73 Å². The van der Waals surface area contributed by atoms with E-state index >= 15 is 0 Å². The van der Waals surface area contributed by atoms with Crippen LogP contribution in [0.4, 0.5) is 4.39 Å². The largest absolute Gasteiger partial charge is 0.328 e. The molecule has 0 saturated heterocycles. The van der Waals surface area contributed by atoms with E-state index in [4.69, 9.17) is 5.73 Å². The highest BCUT2D eigenvalue weighted by Crippen LogP contribution is 2.19. The van der Waals surface area contributed by atoms with Gasteiger partial charge in [-0.2, -0.15) is 0 Å². The third-order valence-electron chi connectivity index (χ3n) is 2.28. The molecular weight excluding hydrogens is 257 g/mol. The first kappa shape index (κ1) is 12.7. The molecule has 84 valence electrons. The molecule has 0 heterocycles. The summed E-state index contributed by atoms with van der Waals surface area (Å²) in [6, 6.07) is 5.22. The molecule has 2 unspecified atom stereocenters. The minimum absolute atomic E-state index is 0.188. The quantitative estimate of drug-likeness (QED) is 0.893. The van der Waals surface area contributed by atoms with Crippen molar-refractivity contribution < 1.29 is 4.39 Å². The van der Waals surface area contributed by atoms with Gasteiger partial charge in [0, 0.05) is 10.5 Å². The van der Waals surface area contributed by atoms with Crippen LogP contribution in [-0.2, 0) is 6.42 Å². The van der Waals surface area contributed by atoms with Gasteiger partial charge in [-0.3, -0.25) is 0 Å². The van der Waals surface area contributed by atoms with Crippen molar-refractivity contribution >= 4 is 15.9 Å². The highest BCUT2D eigenvalue weighted by Gasteiger charge is 2.07. The second-order valence-electron chi connectivity index (χ2n) is 4.30. The molecule has 0 aliphatic rings. The van der Waals surface area contributed by atoms with E-state index in [1.54, 1.807) is 6.07 Å². The zero-order valence-corrected chi connectivity index (χ0v) is 10.7. The molecule has 0 fully saturated rings. The Morgan fingerprint density at radius 2 is 2.00 bits per heavy atom. The van der Waals surface area contributed by atoms with Gasteiger partial charge in [0.15, 0.2) is 0 Å². The Hall–Kier alpha value is -0.410. The summed E-state index contributed by atoms with van der Waals surface area (Å²) in [5, 5.41) is 0. The molecule has 1 aromatic carbocycles. The summed E-state index contributed by atoms with van der Waals surface area (Å²) in [6.07, 6.45) is 1.84. The maximum atomic E-state index is 13.1. The summed E-state index contributed by atoms with van der Waals surface area (Å²) in [7, 11) is 0. The number of benzene rings is 1. The van der Waals surface area contributed by atoms with Gasteiger partial charge in [-0.25, -0.2) is 4.39 Å². The Labute approximate surface area is 99.0 Å². The van der Waals surface area contributed by atoms with E-state index in [0.717, 1.165) is 22.9 Å². The topological polar surface area (TPSA) is 26.0 Å². The fourth-order valence-electron chi connectivity index (χ4n) is 1.85. The predicted octanol–water partition coefficient (Wildman–Crippen LogP) is 3.50. The molecule has 0 saturated carbocycles. The molecule has 1 aromatic rings. The molecule has 3 heteroatoms. The molecule has 1 nitrogen and oxygen atoms in total. The highest BCUT2D eigenvalue weighted by atomic mass is 79.9. The van der Waals surface area contributed by atoms with Crippen LogP contribution in [0.2, 0.25) is 0 Å². The van der Waals surface area contributed by atoms with E-state index in [9.17, 15) is 4.39 Å². The fourth-order valence-corrected chi connectivity index (χ4v) is 2.36. The molecule has 0 spiro atoms. The summed E-state index contributed by atoms with van der Waals surface area (Å²) in [5.41, 5.74) is 6.75. The highest BCUT2D eigenvalue weighted by molar-refractivity contribution is 9.10. The Balaban J connectivity index is 2.63. The number of hydrogen-bond acceptors (Lipinski definition) is 1. The van der Waals surface area contributed by atoms with Crippen LogP contribution in [-0.4, -0.2) is 6.04 Å². The molecule has 0 aliphatic carbocycles. The normalized spacial score (nSPS) is 15.0. The Bertz CT molecular complexity index is 305. The lowest BCUT2D eigenvalue weighted by atomic mass is 9.95. The molecule has 0 amide bonds. The average Bonchev–Trinajstić information content (AvgIpc) is 1.98. The van der Waals surface area contributed by atoms with Gasteiger partial charge >= 0.3 is 0 Å². The smallest absolute Gasteiger partial charge is 0.124 e. The number of halogens is 2. The molecule has 0 aromatic heterocycles. The van der Waals surface area contributed by atoms with E-state index in [0.29, 0.717) is 5.92 Å². The van der Waals surface area contributed by atoms with Crippen molar-refractivity contribution in [3.8, 4) is 0 Å². The summed E-state index contributed by atoms with van der Waals surface area (Å²) in [6.45, 7) is 4.14. The van der Waals surface area contributed by atoms with Crippen LogP contribution in [0.15, 0.2) is 22.7 Å². The zero-order chi connectivity index (χ0) is 11.4. The molecule has 2 atom stereocenters. The van der Waals surface area contributed by atoms with Crippen LogP contribution in [0.5, 0.6) is 0 Å². The van der Waals surface area contributed by atoms with Gasteiger partial charge in [-0.05, 0) is 49.4 Å². The van der Waals surface area contributed by atoms with Crippen LogP contribution in [0.25, 0.3) is 0 Å². The lowest BCUT2D eigenvalue weighted by Crippen LogP contribution is -2.19. The summed E-state index contributed by atoms with van der Waals surface area (Å²) < 4.78 is 13.9. The molecule has 2 N–H and O–H groups in total. The zero-order valence-electron chi connectivity index (χ0n) is 9.13. The van der Waals surface area contributed by atoms with Gasteiger partial charge in [-0.15, -0.1) is 0 Å². The molecule has 0 bridgehead atoms. The minimum Gasteiger partial charge on any atom is -0.328 e. The first-order valence-electron chi connectivity index (χ1n) is 5.18. The molecule has 1 rings (SSSR count). The Morgan fingerprint density at radius 3 is 2.53 bits per heavy atom. The van der Waals surface area contributed by atoms with Crippen LogP contribution in [0.3, 0.4) is 0 Å². The number of rotatable bonds is 4. The molecule has 0 aliphatic heterocycles. The van der Waals surface area contributed by atoms with Gasteiger partial charge in [0.1, 0.15) is 5.82 Å². The average molecular weight is 274 g/mol. The van der Waals surface area contributed by atoms with E-state index in [2.05, 4.69) is 22.9 Å². The van der Waals surface area contributed by atoms with E-state index in [1.165, 1.54) is 6.07 Å². The molecule has 15 heavy (non-hydrogen) atoms. The van der Waals surface area contributed by atoms with Gasteiger partial charge in [0.25, 0.3) is 0 Å². The lowest BCUT2D eigenvalue weighted by molar-refractivity contribution is 0.478. The maximum Gasteiger partial charge on any atom is 0.124 e. The van der Waals surface area contributed by atoms with Crippen LogP contribution in [0.1, 0.15) is 25.8 Å². The Morgan fingerprint density at radius 1 is 1.33 bits per heavy atom. The van der Waals surface area contributed by atoms with Crippen molar-refractivity contribution in [1.29, 1.82) is 0 Å². The van der Waals surface area contributed by atoms with E-state index < -0.39 is 0 Å². The number of nitrogens with two attached hydrogens (primary N) is 1. The van der Waals surface area contributed by atoms with E-state index in [-0.39, 0.29) is 11.9 Å². The summed E-state index contributed by atoms with van der Waals surface area (Å²) in [4.78, 5) is 0. The second kappa shape index (κ2) is 5.61. The van der Waals surface area contributed by atoms with Gasteiger partial charge in [-0.1, -0.05) is 22.9 Å². The maximum absolute atomic E-state index is 13.1. The van der Waals surface area contributed by atoms with Crippen molar-refractivity contribution in [3.63, 3.8) is 0 Å². The van der Waals surface area contributed by atoms with Crippen molar-refractivity contribution in [2.45, 2.75) is 32.7 Å². The standard InChI is InChI=1S/C12H17BrFN/c1-8(3-9(2)15)4-10-5-11(13)7-12(14)6-10/h5-9H,3-4,15H2,1-2H3. The fraction of sp³-hybridized carbons (Fsp3) is 0.500.